The van der Waals surface area contributed by atoms with Crippen molar-refractivity contribution in [2.45, 2.75) is 19.3 Å². The van der Waals surface area contributed by atoms with Crippen LogP contribution in [-0.2, 0) is 12.8 Å². The molecule has 0 atom stereocenters. The molecule has 1 heterocycles. The Morgan fingerprint density at radius 2 is 2.14 bits per heavy atom. The van der Waals surface area contributed by atoms with Crippen LogP contribution < -0.4 is 17.0 Å². The SMILES string of the molecule is NNC(=O)c1nc(N)nc2c1CCC2. The molecule has 1 aromatic rings. The highest BCUT2D eigenvalue weighted by Crippen LogP contribution is 2.23. The molecule has 0 bridgehead atoms. The van der Waals surface area contributed by atoms with E-state index in [0.29, 0.717) is 5.69 Å². The van der Waals surface area contributed by atoms with Crippen molar-refractivity contribution in [2.24, 2.45) is 5.84 Å². The molecule has 1 aliphatic rings. The van der Waals surface area contributed by atoms with E-state index < -0.39 is 5.91 Å². The average molecular weight is 193 g/mol. The van der Waals surface area contributed by atoms with Crippen LogP contribution in [0.15, 0.2) is 0 Å². The fourth-order valence-electron chi connectivity index (χ4n) is 1.71. The molecule has 0 saturated carbocycles. The van der Waals surface area contributed by atoms with Crippen LogP contribution in [0, 0.1) is 0 Å². The number of hydrogen-bond donors (Lipinski definition) is 3. The maximum absolute atomic E-state index is 11.3. The molecule has 0 spiro atoms. The van der Waals surface area contributed by atoms with Gasteiger partial charge in [-0.25, -0.2) is 15.8 Å². The lowest BCUT2D eigenvalue weighted by Gasteiger charge is -2.05. The van der Waals surface area contributed by atoms with Crippen molar-refractivity contribution in [3.63, 3.8) is 0 Å². The minimum atomic E-state index is -0.405. The first-order chi connectivity index (χ1) is 6.72. The van der Waals surface area contributed by atoms with Gasteiger partial charge in [-0.1, -0.05) is 0 Å². The fourth-order valence-corrected chi connectivity index (χ4v) is 1.71. The average Bonchev–Trinajstić information content (AvgIpc) is 2.62. The van der Waals surface area contributed by atoms with E-state index in [1.807, 2.05) is 0 Å². The summed E-state index contributed by atoms with van der Waals surface area (Å²) in [4.78, 5) is 19.3. The van der Waals surface area contributed by atoms with Gasteiger partial charge in [0.25, 0.3) is 5.91 Å². The first kappa shape index (κ1) is 8.89. The molecule has 0 unspecified atom stereocenters. The summed E-state index contributed by atoms with van der Waals surface area (Å²) >= 11 is 0. The van der Waals surface area contributed by atoms with Crippen LogP contribution in [0.2, 0.25) is 0 Å². The summed E-state index contributed by atoms with van der Waals surface area (Å²) < 4.78 is 0. The van der Waals surface area contributed by atoms with Gasteiger partial charge >= 0.3 is 0 Å². The largest absolute Gasteiger partial charge is 0.368 e. The number of fused-ring (bicyclic) bond motifs is 1. The predicted molar refractivity (Wildman–Crippen MR) is 50.1 cm³/mol. The zero-order chi connectivity index (χ0) is 10.1. The summed E-state index contributed by atoms with van der Waals surface area (Å²) in [6.45, 7) is 0. The molecule has 0 aliphatic heterocycles. The third kappa shape index (κ3) is 1.29. The van der Waals surface area contributed by atoms with Gasteiger partial charge in [0.1, 0.15) is 5.69 Å². The number of nitrogens with one attached hydrogen (secondary N) is 1. The van der Waals surface area contributed by atoms with Gasteiger partial charge in [-0.05, 0) is 19.3 Å². The highest BCUT2D eigenvalue weighted by molar-refractivity contribution is 5.93. The zero-order valence-electron chi connectivity index (χ0n) is 7.58. The van der Waals surface area contributed by atoms with Crippen molar-refractivity contribution in [3.05, 3.63) is 17.0 Å². The Morgan fingerprint density at radius 1 is 1.36 bits per heavy atom. The molecule has 6 heteroatoms. The van der Waals surface area contributed by atoms with Gasteiger partial charge in [0.2, 0.25) is 5.95 Å². The first-order valence-electron chi connectivity index (χ1n) is 4.38. The van der Waals surface area contributed by atoms with Gasteiger partial charge in [-0.3, -0.25) is 10.2 Å². The van der Waals surface area contributed by atoms with Crippen LogP contribution >= 0.6 is 0 Å². The van der Waals surface area contributed by atoms with Gasteiger partial charge in [0, 0.05) is 11.3 Å². The van der Waals surface area contributed by atoms with Gasteiger partial charge in [-0.15, -0.1) is 0 Å². The Labute approximate surface area is 80.7 Å². The molecule has 0 radical (unpaired) electrons. The Hall–Kier alpha value is -1.69. The van der Waals surface area contributed by atoms with Gasteiger partial charge in [-0.2, -0.15) is 0 Å². The Bertz CT molecular complexity index is 390. The number of nitrogens with zero attached hydrogens (tertiary/aromatic N) is 2. The van der Waals surface area contributed by atoms with Crippen molar-refractivity contribution < 1.29 is 4.79 Å². The van der Waals surface area contributed by atoms with Crippen LogP contribution in [0.5, 0.6) is 0 Å². The number of carbonyl (C=O) groups excluding carboxylic acids is 1. The highest BCUT2D eigenvalue weighted by Gasteiger charge is 2.22. The Morgan fingerprint density at radius 3 is 2.86 bits per heavy atom. The molecule has 1 aliphatic carbocycles. The molecule has 6 nitrogen and oxygen atoms in total. The van der Waals surface area contributed by atoms with Gasteiger partial charge in [0.15, 0.2) is 0 Å². The van der Waals surface area contributed by atoms with E-state index in [2.05, 4.69) is 15.4 Å². The van der Waals surface area contributed by atoms with Crippen LogP contribution in [0.3, 0.4) is 0 Å². The number of amides is 1. The lowest BCUT2D eigenvalue weighted by atomic mass is 10.2. The number of nitrogen functional groups attached to an aromatic ring is 2. The third-order valence-electron chi connectivity index (χ3n) is 2.30. The van der Waals surface area contributed by atoms with E-state index >= 15 is 0 Å². The summed E-state index contributed by atoms with van der Waals surface area (Å²) in [5.74, 6) is 4.77. The minimum absolute atomic E-state index is 0.129. The fraction of sp³-hybridized carbons (Fsp3) is 0.375. The van der Waals surface area contributed by atoms with E-state index in [1.165, 1.54) is 0 Å². The molecule has 1 aromatic heterocycles. The number of hydrazine groups is 1. The molecule has 14 heavy (non-hydrogen) atoms. The Kier molecular flexibility index (Phi) is 2.05. The normalized spacial score (nSPS) is 13.8. The zero-order valence-corrected chi connectivity index (χ0v) is 7.58. The first-order valence-corrected chi connectivity index (χ1v) is 4.38. The quantitative estimate of drug-likeness (QED) is 0.306. The Balaban J connectivity index is 2.54. The number of aryl methyl sites for hydroxylation is 1. The summed E-state index contributed by atoms with van der Waals surface area (Å²) in [6, 6.07) is 0. The predicted octanol–water partition coefficient (Wildman–Crippen LogP) is -0.849. The highest BCUT2D eigenvalue weighted by atomic mass is 16.2. The van der Waals surface area contributed by atoms with E-state index in [-0.39, 0.29) is 5.95 Å². The topological polar surface area (TPSA) is 107 Å². The second kappa shape index (κ2) is 3.22. The molecular formula is C8H11N5O. The number of hydrogen-bond acceptors (Lipinski definition) is 5. The number of rotatable bonds is 1. The number of carbonyl (C=O) groups is 1. The number of anilines is 1. The van der Waals surface area contributed by atoms with Crippen LogP contribution in [0.1, 0.15) is 28.2 Å². The standard InChI is InChI=1S/C8H11N5O/c9-8-11-5-3-1-2-4(5)6(12-8)7(14)13-10/h1-3,10H2,(H,13,14)(H2,9,11,12). The van der Waals surface area contributed by atoms with Crippen LogP contribution in [0.25, 0.3) is 0 Å². The van der Waals surface area contributed by atoms with Crippen molar-refractivity contribution in [1.29, 1.82) is 0 Å². The van der Waals surface area contributed by atoms with Crippen LogP contribution in [-0.4, -0.2) is 15.9 Å². The molecule has 5 N–H and O–H groups in total. The van der Waals surface area contributed by atoms with E-state index in [4.69, 9.17) is 11.6 Å². The van der Waals surface area contributed by atoms with Gasteiger partial charge < -0.3 is 5.73 Å². The number of aromatic nitrogens is 2. The smallest absolute Gasteiger partial charge is 0.284 e. The second-order valence-corrected chi connectivity index (χ2v) is 3.18. The summed E-state index contributed by atoms with van der Waals surface area (Å²) in [5.41, 5.74) is 9.60. The van der Waals surface area contributed by atoms with Crippen molar-refractivity contribution in [2.75, 3.05) is 5.73 Å². The van der Waals surface area contributed by atoms with E-state index in [1.54, 1.807) is 0 Å². The molecule has 0 aromatic carbocycles. The number of nitrogens with two attached hydrogens (primary N) is 2. The van der Waals surface area contributed by atoms with Gasteiger partial charge in [0.05, 0.1) is 0 Å². The van der Waals surface area contributed by atoms with E-state index in [0.717, 1.165) is 30.5 Å². The monoisotopic (exact) mass is 193 g/mol. The summed E-state index contributed by atoms with van der Waals surface area (Å²) in [5, 5.41) is 0. The molecule has 0 saturated heterocycles. The molecule has 2 rings (SSSR count). The lowest BCUT2D eigenvalue weighted by molar-refractivity contribution is 0.0947. The molecule has 74 valence electrons. The second-order valence-electron chi connectivity index (χ2n) is 3.18. The summed E-state index contributed by atoms with van der Waals surface area (Å²) in [7, 11) is 0. The minimum Gasteiger partial charge on any atom is -0.368 e. The third-order valence-corrected chi connectivity index (χ3v) is 2.30. The van der Waals surface area contributed by atoms with Crippen molar-refractivity contribution in [1.82, 2.24) is 15.4 Å². The van der Waals surface area contributed by atoms with Crippen LogP contribution in [0.4, 0.5) is 5.95 Å². The maximum atomic E-state index is 11.3. The maximum Gasteiger partial charge on any atom is 0.284 e. The molecule has 1 amide bonds. The molecule has 0 fully saturated rings. The van der Waals surface area contributed by atoms with E-state index in [9.17, 15) is 4.79 Å². The summed E-state index contributed by atoms with van der Waals surface area (Å²) in [6.07, 6.45) is 2.66. The lowest BCUT2D eigenvalue weighted by Crippen LogP contribution is -2.32. The van der Waals surface area contributed by atoms with Crippen molar-refractivity contribution in [3.8, 4) is 0 Å². The molecular weight excluding hydrogens is 182 g/mol. The van der Waals surface area contributed by atoms with Crippen molar-refractivity contribution >= 4 is 11.9 Å².